The molecule has 0 N–H and O–H groups in total. The smallest absolute Gasteiger partial charge is 0.225 e. The van der Waals surface area contributed by atoms with E-state index in [0.717, 1.165) is 25.9 Å². The van der Waals surface area contributed by atoms with Crippen LogP contribution in [0, 0.1) is 5.82 Å². The molecule has 1 fully saturated rings. The zero-order valence-electron chi connectivity index (χ0n) is 11.2. The highest BCUT2D eigenvalue weighted by Gasteiger charge is 2.19. The Bertz CT molecular complexity index is 662. The van der Waals surface area contributed by atoms with Crippen LogP contribution >= 0.6 is 23.2 Å². The zero-order valence-corrected chi connectivity index (χ0v) is 12.7. The summed E-state index contributed by atoms with van der Waals surface area (Å²) in [7, 11) is 0. The first kappa shape index (κ1) is 14.7. The van der Waals surface area contributed by atoms with Crippen LogP contribution in [0.4, 0.5) is 10.2 Å². The predicted molar refractivity (Wildman–Crippen MR) is 79.6 cm³/mol. The molecule has 8 heteroatoms. The third-order valence-corrected chi connectivity index (χ3v) is 3.76. The molecule has 0 radical (unpaired) electrons. The number of pyridine rings is 1. The standard InChI is InChI=1S/C13H13Cl2FN4O/c14-11-9(16)10-8(7-17-11)12(19-13(15)18-10)20-3-1-5-21-6-2-4-20/h7H,1-6H2. The first-order valence-electron chi connectivity index (χ1n) is 6.67. The van der Waals surface area contributed by atoms with Gasteiger partial charge in [-0.05, 0) is 24.4 Å². The van der Waals surface area contributed by atoms with Gasteiger partial charge in [0.25, 0.3) is 0 Å². The summed E-state index contributed by atoms with van der Waals surface area (Å²) in [5.74, 6) is -0.0786. The fraction of sp³-hybridized carbons (Fsp3) is 0.462. The molecule has 1 saturated heterocycles. The minimum atomic E-state index is -0.671. The minimum Gasteiger partial charge on any atom is -0.381 e. The number of ether oxygens (including phenoxy) is 1. The van der Waals surface area contributed by atoms with Gasteiger partial charge in [0.2, 0.25) is 5.28 Å². The number of halogens is 3. The van der Waals surface area contributed by atoms with E-state index in [9.17, 15) is 4.39 Å². The first-order chi connectivity index (χ1) is 10.2. The van der Waals surface area contributed by atoms with Crippen LogP contribution in [0.15, 0.2) is 6.20 Å². The van der Waals surface area contributed by atoms with E-state index < -0.39 is 5.82 Å². The van der Waals surface area contributed by atoms with Crippen LogP contribution in [-0.2, 0) is 4.74 Å². The summed E-state index contributed by atoms with van der Waals surface area (Å²) in [5, 5.41) is 0.295. The van der Waals surface area contributed by atoms with Crippen molar-refractivity contribution in [3.63, 3.8) is 0 Å². The van der Waals surface area contributed by atoms with Crippen molar-refractivity contribution in [3.05, 3.63) is 22.5 Å². The van der Waals surface area contributed by atoms with Crippen LogP contribution in [0.2, 0.25) is 10.4 Å². The molecule has 0 aliphatic carbocycles. The van der Waals surface area contributed by atoms with E-state index >= 15 is 0 Å². The van der Waals surface area contributed by atoms with E-state index in [2.05, 4.69) is 19.9 Å². The number of hydrogen-bond acceptors (Lipinski definition) is 5. The summed E-state index contributed by atoms with van der Waals surface area (Å²) in [6, 6.07) is 0. The van der Waals surface area contributed by atoms with E-state index in [-0.39, 0.29) is 16.0 Å². The number of aromatic nitrogens is 3. The van der Waals surface area contributed by atoms with Crippen LogP contribution < -0.4 is 4.90 Å². The highest BCUT2D eigenvalue weighted by molar-refractivity contribution is 6.30. The summed E-state index contributed by atoms with van der Waals surface area (Å²) < 4.78 is 19.5. The van der Waals surface area contributed by atoms with Crippen molar-refractivity contribution >= 4 is 39.9 Å². The fourth-order valence-electron chi connectivity index (χ4n) is 2.37. The fourth-order valence-corrected chi connectivity index (χ4v) is 2.68. The van der Waals surface area contributed by atoms with Crippen LogP contribution in [0.3, 0.4) is 0 Å². The molecule has 21 heavy (non-hydrogen) atoms. The van der Waals surface area contributed by atoms with E-state index in [1.807, 2.05) is 0 Å². The van der Waals surface area contributed by atoms with Gasteiger partial charge in [0.05, 0.1) is 5.39 Å². The summed E-state index contributed by atoms with van der Waals surface area (Å²) in [6.45, 7) is 2.91. The molecule has 0 saturated carbocycles. The van der Waals surface area contributed by atoms with E-state index in [4.69, 9.17) is 27.9 Å². The molecule has 0 amide bonds. The van der Waals surface area contributed by atoms with Gasteiger partial charge in [-0.3, -0.25) is 0 Å². The Morgan fingerprint density at radius 2 is 1.86 bits per heavy atom. The van der Waals surface area contributed by atoms with E-state index in [1.54, 1.807) is 0 Å². The molecule has 1 aliphatic heterocycles. The largest absolute Gasteiger partial charge is 0.381 e. The van der Waals surface area contributed by atoms with Gasteiger partial charge in [-0.25, -0.2) is 14.4 Å². The van der Waals surface area contributed by atoms with Gasteiger partial charge >= 0.3 is 0 Å². The summed E-state index contributed by atoms with van der Waals surface area (Å²) >= 11 is 11.6. The highest BCUT2D eigenvalue weighted by atomic mass is 35.5. The van der Waals surface area contributed by atoms with Gasteiger partial charge in [-0.2, -0.15) is 4.98 Å². The molecule has 3 heterocycles. The normalized spacial score (nSPS) is 16.8. The van der Waals surface area contributed by atoms with Crippen molar-refractivity contribution in [2.45, 2.75) is 12.8 Å². The SMILES string of the molecule is Fc1c(Cl)ncc2c(N3CCCOCCC3)nc(Cl)nc12. The summed E-state index contributed by atoms with van der Waals surface area (Å²) in [5.41, 5.74) is 0.100. The van der Waals surface area contributed by atoms with E-state index in [0.29, 0.717) is 24.4 Å². The maximum atomic E-state index is 14.1. The molecule has 0 bridgehead atoms. The van der Waals surface area contributed by atoms with Crippen molar-refractivity contribution in [1.82, 2.24) is 15.0 Å². The van der Waals surface area contributed by atoms with E-state index in [1.165, 1.54) is 6.20 Å². The molecule has 1 aliphatic rings. The molecule has 3 rings (SSSR count). The van der Waals surface area contributed by atoms with Crippen molar-refractivity contribution < 1.29 is 9.13 Å². The predicted octanol–water partition coefficient (Wildman–Crippen LogP) is 3.09. The lowest BCUT2D eigenvalue weighted by atomic mass is 10.2. The van der Waals surface area contributed by atoms with Crippen LogP contribution in [-0.4, -0.2) is 41.3 Å². The maximum absolute atomic E-state index is 14.1. The lowest BCUT2D eigenvalue weighted by molar-refractivity contribution is 0.124. The van der Waals surface area contributed by atoms with Gasteiger partial charge in [0.15, 0.2) is 11.0 Å². The van der Waals surface area contributed by atoms with Crippen LogP contribution in [0.5, 0.6) is 0 Å². The number of fused-ring (bicyclic) bond motifs is 1. The average molecular weight is 331 g/mol. The van der Waals surface area contributed by atoms with Gasteiger partial charge < -0.3 is 9.64 Å². The Kier molecular flexibility index (Phi) is 4.37. The van der Waals surface area contributed by atoms with Crippen molar-refractivity contribution in [2.75, 3.05) is 31.2 Å². The lowest BCUT2D eigenvalue weighted by Crippen LogP contribution is -2.30. The Morgan fingerprint density at radius 3 is 2.57 bits per heavy atom. The third kappa shape index (κ3) is 3.02. The monoisotopic (exact) mass is 330 g/mol. The Hall–Kier alpha value is -1.24. The van der Waals surface area contributed by atoms with Gasteiger partial charge in [0, 0.05) is 32.5 Å². The summed E-state index contributed by atoms with van der Waals surface area (Å²) in [4.78, 5) is 14.1. The molecule has 2 aromatic heterocycles. The third-order valence-electron chi connectivity index (χ3n) is 3.33. The molecule has 5 nitrogen and oxygen atoms in total. The van der Waals surface area contributed by atoms with Crippen LogP contribution in [0.1, 0.15) is 12.8 Å². The van der Waals surface area contributed by atoms with Crippen molar-refractivity contribution in [3.8, 4) is 0 Å². The number of hydrogen-bond donors (Lipinski definition) is 0. The topological polar surface area (TPSA) is 51.1 Å². The number of rotatable bonds is 1. The quantitative estimate of drug-likeness (QED) is 0.594. The van der Waals surface area contributed by atoms with Gasteiger partial charge in [-0.15, -0.1) is 0 Å². The lowest BCUT2D eigenvalue weighted by Gasteiger charge is -2.26. The minimum absolute atomic E-state index is 0.00280. The molecule has 112 valence electrons. The first-order valence-corrected chi connectivity index (χ1v) is 7.42. The molecular formula is C13H13Cl2FN4O. The number of anilines is 1. The van der Waals surface area contributed by atoms with Crippen molar-refractivity contribution in [2.24, 2.45) is 0 Å². The van der Waals surface area contributed by atoms with Crippen molar-refractivity contribution in [1.29, 1.82) is 0 Å². The second kappa shape index (κ2) is 6.25. The number of nitrogens with zero attached hydrogens (tertiary/aromatic N) is 4. The molecule has 0 spiro atoms. The average Bonchev–Trinajstić information content (AvgIpc) is 2.42. The maximum Gasteiger partial charge on any atom is 0.225 e. The summed E-state index contributed by atoms with van der Waals surface area (Å²) in [6.07, 6.45) is 3.22. The van der Waals surface area contributed by atoms with Crippen LogP contribution in [0.25, 0.3) is 10.9 Å². The molecule has 0 atom stereocenters. The molecule has 0 aromatic carbocycles. The van der Waals surface area contributed by atoms with Gasteiger partial charge in [-0.1, -0.05) is 11.6 Å². The zero-order chi connectivity index (χ0) is 14.8. The Balaban J connectivity index is 2.10. The molecular weight excluding hydrogens is 318 g/mol. The second-order valence-corrected chi connectivity index (χ2v) is 5.44. The second-order valence-electron chi connectivity index (χ2n) is 4.75. The highest BCUT2D eigenvalue weighted by Crippen LogP contribution is 2.29. The molecule has 2 aromatic rings. The Morgan fingerprint density at radius 1 is 1.14 bits per heavy atom. The van der Waals surface area contributed by atoms with Gasteiger partial charge in [0.1, 0.15) is 11.3 Å². The molecule has 0 unspecified atom stereocenters. The Labute approximate surface area is 131 Å².